The number of hydrogen-bond acceptors (Lipinski definition) is 2. The van der Waals surface area contributed by atoms with E-state index in [1.807, 2.05) is 30.1 Å². The maximum Gasteiger partial charge on any atom is 0.231 e. The molecule has 17 heavy (non-hydrogen) atoms. The highest BCUT2D eigenvalue weighted by Gasteiger charge is 2.32. The predicted octanol–water partition coefficient (Wildman–Crippen LogP) is 2.06. The minimum Gasteiger partial charge on any atom is -0.384 e. The number of rotatable bonds is 3. The second kappa shape index (κ2) is 4.06. The van der Waals surface area contributed by atoms with Crippen molar-refractivity contribution >= 4 is 11.6 Å². The van der Waals surface area contributed by atoms with E-state index in [1.165, 1.54) is 12.8 Å². The van der Waals surface area contributed by atoms with Gasteiger partial charge >= 0.3 is 0 Å². The molecule has 3 nitrogen and oxygen atoms in total. The van der Waals surface area contributed by atoms with Crippen LogP contribution in [-0.4, -0.2) is 30.9 Å². The summed E-state index contributed by atoms with van der Waals surface area (Å²) in [5.74, 6) is 1.03. The van der Waals surface area contributed by atoms with E-state index in [2.05, 4.69) is 11.4 Å². The van der Waals surface area contributed by atoms with E-state index >= 15 is 0 Å². The van der Waals surface area contributed by atoms with E-state index in [-0.39, 0.29) is 11.8 Å². The van der Waals surface area contributed by atoms with E-state index in [0.717, 1.165) is 30.3 Å². The Morgan fingerprint density at radius 1 is 1.41 bits per heavy atom. The number of likely N-dealkylation sites (N-methyl/N-ethyl adjacent to an activating group) is 1. The number of para-hydroxylation sites is 1. The number of nitrogens with zero attached hydrogens (tertiary/aromatic N) is 1. The van der Waals surface area contributed by atoms with E-state index in [1.54, 1.807) is 0 Å². The van der Waals surface area contributed by atoms with Gasteiger partial charge in [-0.15, -0.1) is 0 Å². The molecule has 0 spiro atoms. The second-order valence-electron chi connectivity index (χ2n) is 5.18. The summed E-state index contributed by atoms with van der Waals surface area (Å²) in [4.78, 5) is 14.3. The number of fused-ring (bicyclic) bond motifs is 1. The Balaban J connectivity index is 1.74. The van der Waals surface area contributed by atoms with Crippen LogP contribution in [0.1, 0.15) is 24.3 Å². The molecular weight excluding hydrogens is 212 g/mol. The molecule has 0 aromatic heterocycles. The van der Waals surface area contributed by atoms with Gasteiger partial charge in [0.2, 0.25) is 5.91 Å². The van der Waals surface area contributed by atoms with Crippen LogP contribution in [0, 0.1) is 5.92 Å². The van der Waals surface area contributed by atoms with Crippen LogP contribution in [0.5, 0.6) is 0 Å². The molecule has 0 bridgehead atoms. The molecule has 1 saturated carbocycles. The molecule has 3 rings (SSSR count). The van der Waals surface area contributed by atoms with Gasteiger partial charge in [-0.3, -0.25) is 4.79 Å². The number of nitrogens with one attached hydrogen (secondary N) is 1. The van der Waals surface area contributed by atoms with Gasteiger partial charge in [0, 0.05) is 25.8 Å². The molecule has 3 heteroatoms. The monoisotopic (exact) mass is 230 g/mol. The van der Waals surface area contributed by atoms with Gasteiger partial charge in [0.05, 0.1) is 5.92 Å². The second-order valence-corrected chi connectivity index (χ2v) is 5.18. The van der Waals surface area contributed by atoms with Gasteiger partial charge in [-0.2, -0.15) is 0 Å². The molecular formula is C14H18N2O. The quantitative estimate of drug-likeness (QED) is 0.862. The van der Waals surface area contributed by atoms with Crippen molar-refractivity contribution in [2.24, 2.45) is 5.92 Å². The van der Waals surface area contributed by atoms with Crippen molar-refractivity contribution in [3.63, 3.8) is 0 Å². The van der Waals surface area contributed by atoms with Gasteiger partial charge in [0.1, 0.15) is 0 Å². The average Bonchev–Trinajstić information content (AvgIpc) is 3.05. The summed E-state index contributed by atoms with van der Waals surface area (Å²) in [6.07, 6.45) is 2.58. The predicted molar refractivity (Wildman–Crippen MR) is 68.0 cm³/mol. The van der Waals surface area contributed by atoms with E-state index < -0.39 is 0 Å². The summed E-state index contributed by atoms with van der Waals surface area (Å²) in [6, 6.07) is 8.12. The Morgan fingerprint density at radius 3 is 2.94 bits per heavy atom. The van der Waals surface area contributed by atoms with Crippen molar-refractivity contribution in [1.82, 2.24) is 4.90 Å². The first-order valence-electron chi connectivity index (χ1n) is 6.33. The molecule has 1 N–H and O–H groups in total. The zero-order chi connectivity index (χ0) is 11.8. The van der Waals surface area contributed by atoms with Crippen LogP contribution < -0.4 is 5.32 Å². The summed E-state index contributed by atoms with van der Waals surface area (Å²) in [7, 11) is 1.93. The van der Waals surface area contributed by atoms with E-state index in [9.17, 15) is 4.79 Å². The molecule has 1 fully saturated rings. The Bertz CT molecular complexity index is 440. The molecule has 1 aliphatic carbocycles. The molecule has 0 radical (unpaired) electrons. The third kappa shape index (κ3) is 2.02. The molecule has 0 saturated heterocycles. The van der Waals surface area contributed by atoms with Gasteiger partial charge < -0.3 is 10.2 Å². The number of amides is 1. The topological polar surface area (TPSA) is 32.3 Å². The largest absolute Gasteiger partial charge is 0.384 e. The fraction of sp³-hybridized carbons (Fsp3) is 0.500. The third-order valence-corrected chi connectivity index (χ3v) is 3.74. The van der Waals surface area contributed by atoms with Gasteiger partial charge in [0.25, 0.3) is 0 Å². The number of carbonyl (C=O) groups excluding carboxylic acids is 1. The summed E-state index contributed by atoms with van der Waals surface area (Å²) in [5, 5.41) is 3.31. The lowest BCUT2D eigenvalue weighted by atomic mass is 10.00. The van der Waals surface area contributed by atoms with Crippen molar-refractivity contribution < 1.29 is 4.79 Å². The average molecular weight is 230 g/mol. The molecule has 1 aromatic rings. The summed E-state index contributed by atoms with van der Waals surface area (Å²) < 4.78 is 0. The van der Waals surface area contributed by atoms with Crippen molar-refractivity contribution in [1.29, 1.82) is 0 Å². The van der Waals surface area contributed by atoms with E-state index in [0.29, 0.717) is 0 Å². The minimum atomic E-state index is 0.00921. The van der Waals surface area contributed by atoms with Crippen LogP contribution in [0.2, 0.25) is 0 Å². The van der Waals surface area contributed by atoms with Gasteiger partial charge in [0.15, 0.2) is 0 Å². The molecule has 2 aliphatic rings. The fourth-order valence-electron chi connectivity index (χ4n) is 2.55. The standard InChI is InChI=1S/C14H18N2O/c1-16(9-10-6-7-10)14(17)12-8-15-13-5-3-2-4-11(12)13/h2-5,10,12,15H,6-9H2,1H3. The third-order valence-electron chi connectivity index (χ3n) is 3.74. The van der Waals surface area contributed by atoms with Crippen molar-refractivity contribution in [3.05, 3.63) is 29.8 Å². The zero-order valence-corrected chi connectivity index (χ0v) is 10.1. The molecule has 90 valence electrons. The molecule has 1 heterocycles. The van der Waals surface area contributed by atoms with Crippen LogP contribution in [-0.2, 0) is 4.79 Å². The molecule has 1 atom stereocenters. The van der Waals surface area contributed by atoms with Gasteiger partial charge in [-0.05, 0) is 30.4 Å². The maximum atomic E-state index is 12.4. The highest BCUT2D eigenvalue weighted by atomic mass is 16.2. The van der Waals surface area contributed by atoms with E-state index in [4.69, 9.17) is 0 Å². The number of benzene rings is 1. The van der Waals surface area contributed by atoms with Crippen LogP contribution in [0.15, 0.2) is 24.3 Å². The first-order chi connectivity index (χ1) is 8.25. The highest BCUT2D eigenvalue weighted by Crippen LogP contribution is 2.34. The lowest BCUT2D eigenvalue weighted by Gasteiger charge is -2.20. The Morgan fingerprint density at radius 2 is 2.18 bits per heavy atom. The van der Waals surface area contributed by atoms with Crippen molar-refractivity contribution in [2.45, 2.75) is 18.8 Å². The summed E-state index contributed by atoms with van der Waals surface area (Å²) in [5.41, 5.74) is 2.27. The number of carbonyl (C=O) groups is 1. The van der Waals surface area contributed by atoms with Crippen LogP contribution in [0.25, 0.3) is 0 Å². The SMILES string of the molecule is CN(CC1CC1)C(=O)C1CNc2ccccc21. The van der Waals surface area contributed by atoms with Gasteiger partial charge in [-0.1, -0.05) is 18.2 Å². The van der Waals surface area contributed by atoms with Crippen LogP contribution in [0.3, 0.4) is 0 Å². The van der Waals surface area contributed by atoms with Crippen molar-refractivity contribution in [3.8, 4) is 0 Å². The summed E-state index contributed by atoms with van der Waals surface area (Å²) >= 11 is 0. The molecule has 1 aliphatic heterocycles. The zero-order valence-electron chi connectivity index (χ0n) is 10.1. The Hall–Kier alpha value is -1.51. The maximum absolute atomic E-state index is 12.4. The Labute approximate surface area is 102 Å². The lowest BCUT2D eigenvalue weighted by Crippen LogP contribution is -2.34. The number of hydrogen-bond donors (Lipinski definition) is 1. The first kappa shape index (κ1) is 10.6. The highest BCUT2D eigenvalue weighted by molar-refractivity contribution is 5.88. The normalized spacial score (nSPS) is 21.8. The van der Waals surface area contributed by atoms with Crippen molar-refractivity contribution in [2.75, 3.05) is 25.5 Å². The summed E-state index contributed by atoms with van der Waals surface area (Å²) in [6.45, 7) is 1.67. The lowest BCUT2D eigenvalue weighted by molar-refractivity contribution is -0.131. The van der Waals surface area contributed by atoms with Crippen LogP contribution in [0.4, 0.5) is 5.69 Å². The molecule has 1 amide bonds. The van der Waals surface area contributed by atoms with Crippen LogP contribution >= 0.6 is 0 Å². The molecule has 1 unspecified atom stereocenters. The smallest absolute Gasteiger partial charge is 0.231 e. The fourth-order valence-corrected chi connectivity index (χ4v) is 2.55. The first-order valence-corrected chi connectivity index (χ1v) is 6.33. The number of anilines is 1. The van der Waals surface area contributed by atoms with Gasteiger partial charge in [-0.25, -0.2) is 0 Å². The molecule has 1 aromatic carbocycles. The minimum absolute atomic E-state index is 0.00921. The Kier molecular flexibility index (Phi) is 2.54.